The normalized spacial score (nSPS) is 22.3. The number of ether oxygens (including phenoxy) is 1. The zero-order valence-electron chi connectivity index (χ0n) is 6.10. The molecule has 54 valence electrons. The molecule has 0 unspecified atom stereocenters. The van der Waals surface area contributed by atoms with Crippen LogP contribution in [0.25, 0.3) is 0 Å². The number of hydrogen-bond donors (Lipinski definition) is 0. The number of rotatable bonds is 2. The van der Waals surface area contributed by atoms with Crippen molar-refractivity contribution in [1.82, 2.24) is 4.90 Å². The van der Waals surface area contributed by atoms with Gasteiger partial charge in [-0.3, -0.25) is 4.90 Å². The topological polar surface area (TPSA) is 12.5 Å². The highest BCUT2D eigenvalue weighted by atomic mass is 16.5. The highest BCUT2D eigenvalue weighted by molar-refractivity contribution is 4.55. The van der Waals surface area contributed by atoms with Crippen molar-refractivity contribution >= 4 is 0 Å². The van der Waals surface area contributed by atoms with Gasteiger partial charge in [0.2, 0.25) is 0 Å². The van der Waals surface area contributed by atoms with Gasteiger partial charge in [0.25, 0.3) is 0 Å². The van der Waals surface area contributed by atoms with Crippen LogP contribution in [-0.4, -0.2) is 31.3 Å². The molecule has 1 saturated heterocycles. The zero-order chi connectivity index (χ0) is 6.53. The molecule has 1 heterocycles. The van der Waals surface area contributed by atoms with Crippen molar-refractivity contribution < 1.29 is 4.74 Å². The molecule has 0 saturated carbocycles. The lowest BCUT2D eigenvalue weighted by Gasteiger charge is -2.25. The summed E-state index contributed by atoms with van der Waals surface area (Å²) in [5.41, 5.74) is 0. The summed E-state index contributed by atoms with van der Waals surface area (Å²) in [4.78, 5) is 2.35. The summed E-state index contributed by atoms with van der Waals surface area (Å²) in [5.74, 6) is 0. The Kier molecular flexibility index (Phi) is 3.01. The fourth-order valence-corrected chi connectivity index (χ4v) is 1.14. The molecule has 0 radical (unpaired) electrons. The van der Waals surface area contributed by atoms with Crippen LogP contribution in [0.1, 0.15) is 19.8 Å². The van der Waals surface area contributed by atoms with Crippen LogP contribution in [0.15, 0.2) is 0 Å². The van der Waals surface area contributed by atoms with Crippen LogP contribution in [0.2, 0.25) is 0 Å². The van der Waals surface area contributed by atoms with E-state index in [0.717, 1.165) is 13.3 Å². The molecule has 1 aliphatic rings. The zero-order valence-corrected chi connectivity index (χ0v) is 6.10. The van der Waals surface area contributed by atoms with Gasteiger partial charge in [0.05, 0.1) is 6.73 Å². The molecule has 0 aliphatic carbocycles. The Morgan fingerprint density at radius 2 is 2.44 bits per heavy atom. The van der Waals surface area contributed by atoms with E-state index in [9.17, 15) is 0 Å². The minimum Gasteiger partial charge on any atom is -0.366 e. The van der Waals surface area contributed by atoms with E-state index in [-0.39, 0.29) is 0 Å². The summed E-state index contributed by atoms with van der Waals surface area (Å²) >= 11 is 0. The largest absolute Gasteiger partial charge is 0.366 e. The maximum absolute atomic E-state index is 5.26. The van der Waals surface area contributed by atoms with Gasteiger partial charge >= 0.3 is 0 Å². The van der Waals surface area contributed by atoms with Gasteiger partial charge < -0.3 is 4.74 Å². The molecule has 0 aromatic carbocycles. The molecule has 9 heavy (non-hydrogen) atoms. The molecule has 1 rings (SSSR count). The molecule has 1 fully saturated rings. The molecule has 0 atom stereocenters. The van der Waals surface area contributed by atoms with Gasteiger partial charge in [-0.2, -0.15) is 0 Å². The second kappa shape index (κ2) is 3.85. The first-order chi connectivity index (χ1) is 4.43. The lowest BCUT2D eigenvalue weighted by atomic mass is 10.3. The lowest BCUT2D eigenvalue weighted by molar-refractivity contribution is -0.0130. The smallest absolute Gasteiger partial charge is 0.0990 e. The van der Waals surface area contributed by atoms with Gasteiger partial charge in [-0.1, -0.05) is 6.92 Å². The first-order valence-electron chi connectivity index (χ1n) is 3.73. The Balaban J connectivity index is 2.08. The van der Waals surface area contributed by atoms with Gasteiger partial charge in [-0.25, -0.2) is 0 Å². The fourth-order valence-electron chi connectivity index (χ4n) is 1.14. The van der Waals surface area contributed by atoms with Crippen molar-refractivity contribution in [2.75, 3.05) is 26.4 Å². The molecule has 2 heteroatoms. The van der Waals surface area contributed by atoms with E-state index in [1.54, 1.807) is 0 Å². The van der Waals surface area contributed by atoms with Crippen molar-refractivity contribution in [1.29, 1.82) is 0 Å². The number of hydrogen-bond acceptors (Lipinski definition) is 2. The first-order valence-corrected chi connectivity index (χ1v) is 3.73. The van der Waals surface area contributed by atoms with Gasteiger partial charge in [0, 0.05) is 19.7 Å². The predicted octanol–water partition coefficient (Wildman–Crippen LogP) is 1.08. The van der Waals surface area contributed by atoms with Gasteiger partial charge in [-0.05, 0) is 12.8 Å². The SMILES string of the molecule is CCCN1CCCOC1. The summed E-state index contributed by atoms with van der Waals surface area (Å²) < 4.78 is 5.26. The third-order valence-electron chi connectivity index (χ3n) is 1.58. The molecule has 0 spiro atoms. The van der Waals surface area contributed by atoms with Gasteiger partial charge in [0.15, 0.2) is 0 Å². The van der Waals surface area contributed by atoms with E-state index in [0.29, 0.717) is 0 Å². The van der Waals surface area contributed by atoms with Crippen molar-refractivity contribution in [3.63, 3.8) is 0 Å². The molecule has 0 aromatic rings. The monoisotopic (exact) mass is 129 g/mol. The third-order valence-corrected chi connectivity index (χ3v) is 1.58. The summed E-state index contributed by atoms with van der Waals surface area (Å²) in [7, 11) is 0. The Morgan fingerprint density at radius 1 is 1.56 bits per heavy atom. The Hall–Kier alpha value is -0.0800. The van der Waals surface area contributed by atoms with Crippen molar-refractivity contribution in [2.45, 2.75) is 19.8 Å². The maximum atomic E-state index is 5.26. The van der Waals surface area contributed by atoms with Crippen LogP contribution in [-0.2, 0) is 4.74 Å². The molecule has 2 nitrogen and oxygen atoms in total. The Bertz CT molecular complexity index is 66.6. The molecule has 0 amide bonds. The second-order valence-electron chi connectivity index (χ2n) is 2.51. The summed E-state index contributed by atoms with van der Waals surface area (Å²) in [6.07, 6.45) is 2.45. The minimum absolute atomic E-state index is 0.855. The van der Waals surface area contributed by atoms with E-state index in [1.807, 2.05) is 0 Å². The third kappa shape index (κ3) is 2.33. The minimum atomic E-state index is 0.855. The Labute approximate surface area is 56.8 Å². The second-order valence-corrected chi connectivity index (χ2v) is 2.51. The maximum Gasteiger partial charge on any atom is 0.0990 e. The van der Waals surface area contributed by atoms with Crippen LogP contribution in [0.3, 0.4) is 0 Å². The number of nitrogens with zero attached hydrogens (tertiary/aromatic N) is 1. The quantitative estimate of drug-likeness (QED) is 0.553. The summed E-state index contributed by atoms with van der Waals surface area (Å²) in [6, 6.07) is 0. The highest BCUT2D eigenvalue weighted by Gasteiger charge is 2.07. The lowest BCUT2D eigenvalue weighted by Crippen LogP contribution is -2.33. The van der Waals surface area contributed by atoms with Crippen LogP contribution < -0.4 is 0 Å². The van der Waals surface area contributed by atoms with Gasteiger partial charge in [-0.15, -0.1) is 0 Å². The van der Waals surface area contributed by atoms with Crippen LogP contribution in [0.5, 0.6) is 0 Å². The fraction of sp³-hybridized carbons (Fsp3) is 1.00. The first kappa shape index (κ1) is 7.03. The van der Waals surface area contributed by atoms with Gasteiger partial charge in [0.1, 0.15) is 0 Å². The van der Waals surface area contributed by atoms with Crippen molar-refractivity contribution in [2.24, 2.45) is 0 Å². The van der Waals surface area contributed by atoms with E-state index in [4.69, 9.17) is 4.74 Å². The molecular weight excluding hydrogens is 114 g/mol. The predicted molar refractivity (Wildman–Crippen MR) is 37.3 cm³/mol. The van der Waals surface area contributed by atoms with E-state index < -0.39 is 0 Å². The molecule has 0 bridgehead atoms. The average Bonchev–Trinajstić information content (AvgIpc) is 1.91. The van der Waals surface area contributed by atoms with E-state index in [2.05, 4.69) is 11.8 Å². The van der Waals surface area contributed by atoms with E-state index >= 15 is 0 Å². The summed E-state index contributed by atoms with van der Waals surface area (Å²) in [5, 5.41) is 0. The standard InChI is InChI=1S/C7H15NO/c1-2-4-8-5-3-6-9-7-8/h2-7H2,1H3. The Morgan fingerprint density at radius 3 is 3.00 bits per heavy atom. The molecule has 0 N–H and O–H groups in total. The van der Waals surface area contributed by atoms with Crippen LogP contribution in [0, 0.1) is 0 Å². The van der Waals surface area contributed by atoms with Crippen molar-refractivity contribution in [3.8, 4) is 0 Å². The van der Waals surface area contributed by atoms with Crippen LogP contribution >= 0.6 is 0 Å². The molecular formula is C7H15NO. The summed E-state index contributed by atoms with van der Waals surface area (Å²) in [6.45, 7) is 6.44. The average molecular weight is 129 g/mol. The van der Waals surface area contributed by atoms with Crippen LogP contribution in [0.4, 0.5) is 0 Å². The molecule has 0 aromatic heterocycles. The molecule has 1 aliphatic heterocycles. The van der Waals surface area contributed by atoms with E-state index in [1.165, 1.54) is 25.9 Å². The van der Waals surface area contributed by atoms with Crippen molar-refractivity contribution in [3.05, 3.63) is 0 Å². The highest BCUT2D eigenvalue weighted by Crippen LogP contribution is 2.00.